The summed E-state index contributed by atoms with van der Waals surface area (Å²) in [6.07, 6.45) is 0. The maximum atomic E-state index is 13.5. The van der Waals surface area contributed by atoms with Crippen molar-refractivity contribution in [2.75, 3.05) is 0 Å². The zero-order chi connectivity index (χ0) is 12.3. The largest absolute Gasteiger partial charge is 0.454 e. The topological polar surface area (TPSA) is 29.5 Å². The molecule has 0 bridgehead atoms. The molecular weight excluding hydrogens is 226 g/mol. The quantitative estimate of drug-likeness (QED) is 0.886. The summed E-state index contributed by atoms with van der Waals surface area (Å²) < 4.78 is 31.4. The summed E-state index contributed by atoms with van der Waals surface area (Å²) >= 11 is 0. The van der Waals surface area contributed by atoms with Crippen LogP contribution in [-0.4, -0.2) is 5.11 Å². The van der Waals surface area contributed by atoms with Crippen LogP contribution in [0.2, 0.25) is 0 Å². The molecule has 2 aromatic carbocycles. The lowest BCUT2D eigenvalue weighted by molar-refractivity contribution is 0.281. The molecule has 2 rings (SSSR count). The van der Waals surface area contributed by atoms with Gasteiger partial charge in [0.2, 0.25) is 0 Å². The van der Waals surface area contributed by atoms with Gasteiger partial charge < -0.3 is 9.84 Å². The van der Waals surface area contributed by atoms with Crippen LogP contribution in [0.4, 0.5) is 8.78 Å². The minimum Gasteiger partial charge on any atom is -0.454 e. The van der Waals surface area contributed by atoms with Gasteiger partial charge in [0.1, 0.15) is 11.6 Å². The van der Waals surface area contributed by atoms with E-state index in [-0.39, 0.29) is 18.2 Å². The SMILES string of the molecule is OCc1ccc(Oc2ccc(F)cc2)c(F)c1. The highest BCUT2D eigenvalue weighted by Crippen LogP contribution is 2.25. The van der Waals surface area contributed by atoms with Crippen molar-refractivity contribution in [3.8, 4) is 11.5 Å². The molecule has 0 atom stereocenters. The molecule has 2 aromatic rings. The van der Waals surface area contributed by atoms with Gasteiger partial charge in [0.15, 0.2) is 11.6 Å². The lowest BCUT2D eigenvalue weighted by Crippen LogP contribution is -1.91. The Morgan fingerprint density at radius 1 is 1.00 bits per heavy atom. The molecule has 0 aliphatic heterocycles. The summed E-state index contributed by atoms with van der Waals surface area (Å²) in [6, 6.07) is 9.46. The fraction of sp³-hybridized carbons (Fsp3) is 0.0769. The molecular formula is C13H10F2O2. The van der Waals surface area contributed by atoms with Gasteiger partial charge in [-0.1, -0.05) is 6.07 Å². The zero-order valence-electron chi connectivity index (χ0n) is 8.86. The minimum absolute atomic E-state index is 0.0359. The fourth-order valence-corrected chi connectivity index (χ4v) is 1.36. The first-order valence-corrected chi connectivity index (χ1v) is 5.02. The summed E-state index contributed by atoms with van der Waals surface area (Å²) in [7, 11) is 0. The van der Waals surface area contributed by atoms with E-state index < -0.39 is 5.82 Å². The highest BCUT2D eigenvalue weighted by atomic mass is 19.1. The first kappa shape index (κ1) is 11.5. The van der Waals surface area contributed by atoms with Crippen molar-refractivity contribution in [3.05, 3.63) is 59.7 Å². The summed E-state index contributed by atoms with van der Waals surface area (Å²) in [4.78, 5) is 0. The highest BCUT2D eigenvalue weighted by Gasteiger charge is 2.05. The van der Waals surface area contributed by atoms with Gasteiger partial charge in [-0.05, 0) is 42.0 Å². The van der Waals surface area contributed by atoms with Crippen LogP contribution in [0.15, 0.2) is 42.5 Å². The summed E-state index contributed by atoms with van der Waals surface area (Å²) in [5, 5.41) is 8.82. The molecule has 0 aromatic heterocycles. The van der Waals surface area contributed by atoms with Crippen molar-refractivity contribution in [3.63, 3.8) is 0 Å². The molecule has 0 unspecified atom stereocenters. The van der Waals surface area contributed by atoms with E-state index in [9.17, 15) is 8.78 Å². The maximum Gasteiger partial charge on any atom is 0.166 e. The van der Waals surface area contributed by atoms with Crippen molar-refractivity contribution < 1.29 is 18.6 Å². The average molecular weight is 236 g/mol. The standard InChI is InChI=1S/C13H10F2O2/c14-10-2-4-11(5-3-10)17-13-6-1-9(8-16)7-12(13)15/h1-7,16H,8H2. The molecule has 0 saturated heterocycles. The van der Waals surface area contributed by atoms with Gasteiger partial charge in [-0.3, -0.25) is 0 Å². The molecule has 0 aliphatic carbocycles. The molecule has 1 N–H and O–H groups in total. The predicted octanol–water partition coefficient (Wildman–Crippen LogP) is 3.25. The van der Waals surface area contributed by atoms with E-state index in [4.69, 9.17) is 9.84 Å². The number of benzene rings is 2. The van der Waals surface area contributed by atoms with Crippen molar-refractivity contribution >= 4 is 0 Å². The first-order valence-electron chi connectivity index (χ1n) is 5.02. The van der Waals surface area contributed by atoms with Gasteiger partial charge in [-0.15, -0.1) is 0 Å². The lowest BCUT2D eigenvalue weighted by atomic mass is 10.2. The van der Waals surface area contributed by atoms with Gasteiger partial charge in [0.05, 0.1) is 6.61 Å². The second-order valence-corrected chi connectivity index (χ2v) is 3.48. The Kier molecular flexibility index (Phi) is 3.35. The van der Waals surface area contributed by atoms with Crippen LogP contribution >= 0.6 is 0 Å². The smallest absolute Gasteiger partial charge is 0.166 e. The van der Waals surface area contributed by atoms with Crippen molar-refractivity contribution in [1.82, 2.24) is 0 Å². The third-order valence-electron chi connectivity index (χ3n) is 2.22. The lowest BCUT2D eigenvalue weighted by Gasteiger charge is -2.07. The predicted molar refractivity (Wildman–Crippen MR) is 58.8 cm³/mol. The molecule has 4 heteroatoms. The maximum absolute atomic E-state index is 13.5. The van der Waals surface area contributed by atoms with E-state index in [2.05, 4.69) is 0 Å². The second kappa shape index (κ2) is 4.93. The van der Waals surface area contributed by atoms with Crippen LogP contribution in [0.5, 0.6) is 11.5 Å². The monoisotopic (exact) mass is 236 g/mol. The van der Waals surface area contributed by atoms with E-state index in [1.807, 2.05) is 0 Å². The Morgan fingerprint density at radius 3 is 2.29 bits per heavy atom. The van der Waals surface area contributed by atoms with Crippen LogP contribution in [0.3, 0.4) is 0 Å². The Morgan fingerprint density at radius 2 is 1.71 bits per heavy atom. The van der Waals surface area contributed by atoms with Crippen LogP contribution in [-0.2, 0) is 6.61 Å². The third kappa shape index (κ3) is 2.79. The Hall–Kier alpha value is -1.94. The Labute approximate surface area is 97.1 Å². The highest BCUT2D eigenvalue weighted by molar-refractivity contribution is 5.34. The van der Waals surface area contributed by atoms with Crippen molar-refractivity contribution in [1.29, 1.82) is 0 Å². The number of hydrogen-bond donors (Lipinski definition) is 1. The van der Waals surface area contributed by atoms with Gasteiger partial charge in [0.25, 0.3) is 0 Å². The molecule has 0 aliphatic rings. The van der Waals surface area contributed by atoms with Crippen LogP contribution in [0.1, 0.15) is 5.56 Å². The molecule has 0 heterocycles. The molecule has 0 fully saturated rings. The minimum atomic E-state index is -0.569. The number of aliphatic hydroxyl groups excluding tert-OH is 1. The number of aliphatic hydroxyl groups is 1. The second-order valence-electron chi connectivity index (χ2n) is 3.48. The van der Waals surface area contributed by atoms with E-state index in [0.29, 0.717) is 11.3 Å². The first-order chi connectivity index (χ1) is 8.19. The molecule has 0 spiro atoms. The fourth-order valence-electron chi connectivity index (χ4n) is 1.36. The van der Waals surface area contributed by atoms with Gasteiger partial charge in [0, 0.05) is 0 Å². The number of ether oxygens (including phenoxy) is 1. The van der Waals surface area contributed by atoms with E-state index in [1.54, 1.807) is 6.07 Å². The van der Waals surface area contributed by atoms with Gasteiger partial charge in [-0.2, -0.15) is 0 Å². The number of hydrogen-bond acceptors (Lipinski definition) is 2. The average Bonchev–Trinajstić information content (AvgIpc) is 2.34. The molecule has 17 heavy (non-hydrogen) atoms. The van der Waals surface area contributed by atoms with Gasteiger partial charge >= 0.3 is 0 Å². The number of halogens is 2. The summed E-state index contributed by atoms with van der Waals surface area (Å²) in [5.74, 6) is -0.565. The number of rotatable bonds is 3. The Bertz CT molecular complexity index is 509. The molecule has 0 radical (unpaired) electrons. The normalized spacial score (nSPS) is 10.3. The van der Waals surface area contributed by atoms with Crippen molar-refractivity contribution in [2.24, 2.45) is 0 Å². The molecule has 0 saturated carbocycles. The van der Waals surface area contributed by atoms with E-state index in [1.165, 1.54) is 36.4 Å². The van der Waals surface area contributed by atoms with E-state index in [0.717, 1.165) is 0 Å². The summed E-state index contributed by atoms with van der Waals surface area (Å²) in [6.45, 7) is -0.228. The van der Waals surface area contributed by atoms with E-state index >= 15 is 0 Å². The third-order valence-corrected chi connectivity index (χ3v) is 2.22. The molecule has 88 valence electrons. The molecule has 0 amide bonds. The van der Waals surface area contributed by atoms with Crippen molar-refractivity contribution in [2.45, 2.75) is 6.61 Å². The van der Waals surface area contributed by atoms with Gasteiger partial charge in [-0.25, -0.2) is 8.78 Å². The van der Waals surface area contributed by atoms with Crippen LogP contribution in [0.25, 0.3) is 0 Å². The van der Waals surface area contributed by atoms with Crippen LogP contribution in [0, 0.1) is 11.6 Å². The summed E-state index contributed by atoms with van der Waals surface area (Å²) in [5.41, 5.74) is 0.467. The van der Waals surface area contributed by atoms with Crippen LogP contribution < -0.4 is 4.74 Å². The zero-order valence-corrected chi connectivity index (χ0v) is 8.86. The molecule has 2 nitrogen and oxygen atoms in total. The Balaban J connectivity index is 2.21.